The summed E-state index contributed by atoms with van der Waals surface area (Å²) in [5.41, 5.74) is 6.48. The van der Waals surface area contributed by atoms with E-state index in [0.29, 0.717) is 0 Å². The van der Waals surface area contributed by atoms with Gasteiger partial charge in [0.05, 0.1) is 0 Å². The van der Waals surface area contributed by atoms with Crippen LogP contribution in [0.25, 0.3) is 17.2 Å². The quantitative estimate of drug-likeness (QED) is 0.717. The smallest absolute Gasteiger partial charge is 0.0233 e. The molecule has 0 bridgehead atoms. The van der Waals surface area contributed by atoms with Crippen molar-refractivity contribution in [3.63, 3.8) is 0 Å². The molecule has 3 rings (SSSR count). The molecule has 0 aromatic heterocycles. The molecule has 2 aromatic rings. The van der Waals surface area contributed by atoms with Crippen molar-refractivity contribution < 1.29 is 0 Å². The Labute approximate surface area is 140 Å². The molecule has 120 valence electrons. The third-order valence-electron chi connectivity index (χ3n) is 4.88. The van der Waals surface area contributed by atoms with Crippen molar-refractivity contribution in [1.82, 2.24) is 4.90 Å². The highest BCUT2D eigenvalue weighted by Crippen LogP contribution is 2.25. The Kier molecular flexibility index (Phi) is 4.97. The summed E-state index contributed by atoms with van der Waals surface area (Å²) >= 11 is 0. The van der Waals surface area contributed by atoms with E-state index in [2.05, 4.69) is 67.8 Å². The summed E-state index contributed by atoms with van der Waals surface area (Å²) in [4.78, 5) is 2.59. The number of piperidine rings is 1. The standard InChI is InChI=1S/C22H27N/c1-4-19-12-18(3)13-22(14-19)21-7-5-6-20(15-21)16-23-10-8-17(2)9-11-23/h4-7,12-15,17H,1,8-11,16H2,2-3H3. The summed E-state index contributed by atoms with van der Waals surface area (Å²) in [7, 11) is 0. The van der Waals surface area contributed by atoms with E-state index in [4.69, 9.17) is 0 Å². The molecule has 1 heterocycles. The van der Waals surface area contributed by atoms with Crippen LogP contribution in [0.1, 0.15) is 36.5 Å². The zero-order valence-corrected chi connectivity index (χ0v) is 14.4. The zero-order chi connectivity index (χ0) is 16.2. The summed E-state index contributed by atoms with van der Waals surface area (Å²) in [5, 5.41) is 0. The molecule has 2 aromatic carbocycles. The summed E-state index contributed by atoms with van der Waals surface area (Å²) in [6.07, 6.45) is 4.59. The van der Waals surface area contributed by atoms with Crippen molar-refractivity contribution in [1.29, 1.82) is 0 Å². The van der Waals surface area contributed by atoms with Crippen LogP contribution < -0.4 is 0 Å². The lowest BCUT2D eigenvalue weighted by Crippen LogP contribution is -2.32. The van der Waals surface area contributed by atoms with Crippen LogP contribution in [0.3, 0.4) is 0 Å². The van der Waals surface area contributed by atoms with Gasteiger partial charge in [-0.25, -0.2) is 0 Å². The van der Waals surface area contributed by atoms with Crippen molar-refractivity contribution in [2.45, 2.75) is 33.2 Å². The number of rotatable bonds is 4. The average molecular weight is 305 g/mol. The summed E-state index contributed by atoms with van der Waals surface area (Å²) in [6.45, 7) is 12.0. The summed E-state index contributed by atoms with van der Waals surface area (Å²) in [6, 6.07) is 15.7. The van der Waals surface area contributed by atoms with Gasteiger partial charge in [0, 0.05) is 6.54 Å². The lowest BCUT2D eigenvalue weighted by molar-refractivity contribution is 0.185. The third kappa shape index (κ3) is 4.11. The lowest BCUT2D eigenvalue weighted by atomic mass is 9.97. The molecule has 0 aliphatic carbocycles. The fourth-order valence-electron chi connectivity index (χ4n) is 3.42. The Balaban J connectivity index is 1.80. The highest BCUT2D eigenvalue weighted by molar-refractivity contribution is 5.68. The minimum atomic E-state index is 0.891. The van der Waals surface area contributed by atoms with Crippen LogP contribution in [0.5, 0.6) is 0 Å². The van der Waals surface area contributed by atoms with Crippen LogP contribution in [0.2, 0.25) is 0 Å². The number of likely N-dealkylation sites (tertiary alicyclic amines) is 1. The molecule has 0 spiro atoms. The van der Waals surface area contributed by atoms with Crippen LogP contribution >= 0.6 is 0 Å². The Hall–Kier alpha value is -1.86. The number of hydrogen-bond donors (Lipinski definition) is 0. The molecule has 1 heteroatoms. The Morgan fingerprint density at radius 1 is 1.09 bits per heavy atom. The van der Waals surface area contributed by atoms with Crippen molar-refractivity contribution in [2.24, 2.45) is 5.92 Å². The minimum absolute atomic E-state index is 0.891. The van der Waals surface area contributed by atoms with E-state index < -0.39 is 0 Å². The van der Waals surface area contributed by atoms with Gasteiger partial charge >= 0.3 is 0 Å². The predicted molar refractivity (Wildman–Crippen MR) is 100 cm³/mol. The summed E-state index contributed by atoms with van der Waals surface area (Å²) in [5.74, 6) is 0.891. The molecule has 0 N–H and O–H groups in total. The Bertz CT molecular complexity index is 678. The van der Waals surface area contributed by atoms with Gasteiger partial charge in [-0.05, 0) is 78.7 Å². The van der Waals surface area contributed by atoms with Crippen molar-refractivity contribution in [3.8, 4) is 11.1 Å². The van der Waals surface area contributed by atoms with Crippen molar-refractivity contribution in [2.75, 3.05) is 13.1 Å². The Morgan fingerprint density at radius 3 is 2.61 bits per heavy atom. The van der Waals surface area contributed by atoms with E-state index in [1.807, 2.05) is 6.08 Å². The van der Waals surface area contributed by atoms with E-state index >= 15 is 0 Å². The van der Waals surface area contributed by atoms with Crippen LogP contribution in [0, 0.1) is 12.8 Å². The van der Waals surface area contributed by atoms with Crippen LogP contribution in [-0.2, 0) is 6.54 Å². The summed E-state index contributed by atoms with van der Waals surface area (Å²) < 4.78 is 0. The van der Waals surface area contributed by atoms with Gasteiger partial charge in [0.15, 0.2) is 0 Å². The van der Waals surface area contributed by atoms with Crippen LogP contribution in [-0.4, -0.2) is 18.0 Å². The normalized spacial score (nSPS) is 16.4. The van der Waals surface area contributed by atoms with E-state index in [1.54, 1.807) is 0 Å². The van der Waals surface area contributed by atoms with Gasteiger partial charge in [-0.15, -0.1) is 0 Å². The van der Waals surface area contributed by atoms with Gasteiger partial charge < -0.3 is 0 Å². The van der Waals surface area contributed by atoms with E-state index in [0.717, 1.165) is 12.5 Å². The van der Waals surface area contributed by atoms with Gasteiger partial charge in [0.1, 0.15) is 0 Å². The van der Waals surface area contributed by atoms with Crippen molar-refractivity contribution >= 4 is 6.08 Å². The first-order chi connectivity index (χ1) is 11.1. The molecule has 0 unspecified atom stereocenters. The fraction of sp³-hybridized carbons (Fsp3) is 0.364. The number of aryl methyl sites for hydroxylation is 1. The van der Waals surface area contributed by atoms with Gasteiger partial charge in [-0.1, -0.05) is 49.9 Å². The molecule has 1 fully saturated rings. The van der Waals surface area contributed by atoms with Gasteiger partial charge in [-0.3, -0.25) is 4.90 Å². The first-order valence-electron chi connectivity index (χ1n) is 8.70. The first kappa shape index (κ1) is 16.0. The van der Waals surface area contributed by atoms with Gasteiger partial charge in [-0.2, -0.15) is 0 Å². The van der Waals surface area contributed by atoms with Gasteiger partial charge in [0.2, 0.25) is 0 Å². The highest BCUT2D eigenvalue weighted by Gasteiger charge is 2.15. The fourth-order valence-corrected chi connectivity index (χ4v) is 3.42. The molecule has 1 aliphatic rings. The third-order valence-corrected chi connectivity index (χ3v) is 4.88. The van der Waals surface area contributed by atoms with Crippen LogP contribution in [0.15, 0.2) is 49.0 Å². The number of benzene rings is 2. The molecule has 0 saturated carbocycles. The maximum Gasteiger partial charge on any atom is 0.0233 e. The maximum absolute atomic E-state index is 3.90. The second kappa shape index (κ2) is 7.14. The molecular weight excluding hydrogens is 278 g/mol. The second-order valence-corrected chi connectivity index (χ2v) is 7.00. The lowest BCUT2D eigenvalue weighted by Gasteiger charge is -2.30. The van der Waals surface area contributed by atoms with E-state index in [9.17, 15) is 0 Å². The molecule has 1 nitrogen and oxygen atoms in total. The molecule has 0 atom stereocenters. The Morgan fingerprint density at radius 2 is 1.87 bits per heavy atom. The molecule has 1 saturated heterocycles. The number of nitrogens with zero attached hydrogens (tertiary/aromatic N) is 1. The first-order valence-corrected chi connectivity index (χ1v) is 8.70. The maximum atomic E-state index is 3.90. The topological polar surface area (TPSA) is 3.24 Å². The van der Waals surface area contributed by atoms with Gasteiger partial charge in [0.25, 0.3) is 0 Å². The molecule has 0 radical (unpaired) electrons. The predicted octanol–water partition coefficient (Wildman–Crippen LogP) is 5.54. The molecular formula is C22H27N. The average Bonchev–Trinajstić information content (AvgIpc) is 2.56. The molecule has 23 heavy (non-hydrogen) atoms. The molecule has 0 amide bonds. The monoisotopic (exact) mass is 305 g/mol. The van der Waals surface area contributed by atoms with E-state index in [-0.39, 0.29) is 0 Å². The molecule has 1 aliphatic heterocycles. The zero-order valence-electron chi connectivity index (χ0n) is 14.4. The minimum Gasteiger partial charge on any atom is -0.299 e. The second-order valence-electron chi connectivity index (χ2n) is 7.00. The highest BCUT2D eigenvalue weighted by atomic mass is 15.1. The van der Waals surface area contributed by atoms with Crippen LogP contribution in [0.4, 0.5) is 0 Å². The SMILES string of the molecule is C=Cc1cc(C)cc(-c2cccc(CN3CCC(C)CC3)c2)c1. The largest absolute Gasteiger partial charge is 0.299 e. The van der Waals surface area contributed by atoms with E-state index in [1.165, 1.54) is 53.7 Å². The van der Waals surface area contributed by atoms with Crippen molar-refractivity contribution in [3.05, 3.63) is 65.7 Å². The number of hydrogen-bond acceptors (Lipinski definition) is 1.